The smallest absolute Gasteiger partial charge is 0.126 e. The number of anilines is 1. The SMILES string of the molecule is CC(C)Oc1ccccc1CNc1c(Cl)cc(F)cc1Cl. The average Bonchev–Trinajstić information content (AvgIpc) is 2.38. The molecule has 0 heterocycles. The van der Waals surface area contributed by atoms with Gasteiger partial charge in [0.05, 0.1) is 21.8 Å². The molecule has 0 amide bonds. The van der Waals surface area contributed by atoms with Crippen LogP contribution in [0.4, 0.5) is 10.1 Å². The molecule has 1 N–H and O–H groups in total. The van der Waals surface area contributed by atoms with Crippen molar-refractivity contribution >= 4 is 28.9 Å². The minimum atomic E-state index is -0.459. The molecule has 0 fully saturated rings. The molecule has 0 unspecified atom stereocenters. The largest absolute Gasteiger partial charge is 0.491 e. The number of hydrogen-bond donors (Lipinski definition) is 1. The highest BCUT2D eigenvalue weighted by atomic mass is 35.5. The third-order valence-corrected chi connectivity index (χ3v) is 3.39. The molecule has 0 aliphatic heterocycles. The number of rotatable bonds is 5. The van der Waals surface area contributed by atoms with Crippen LogP contribution in [0.25, 0.3) is 0 Å². The van der Waals surface area contributed by atoms with Crippen molar-refractivity contribution in [3.8, 4) is 5.75 Å². The van der Waals surface area contributed by atoms with Crippen LogP contribution in [0.2, 0.25) is 10.0 Å². The second-order valence-electron chi connectivity index (χ2n) is 4.87. The molecule has 5 heteroatoms. The highest BCUT2D eigenvalue weighted by Crippen LogP contribution is 2.32. The summed E-state index contributed by atoms with van der Waals surface area (Å²) in [5.74, 6) is 0.341. The molecule has 2 aromatic rings. The van der Waals surface area contributed by atoms with Crippen molar-refractivity contribution in [2.75, 3.05) is 5.32 Å². The first-order valence-corrected chi connectivity index (χ1v) is 7.36. The van der Waals surface area contributed by atoms with Crippen molar-refractivity contribution in [1.29, 1.82) is 0 Å². The van der Waals surface area contributed by atoms with Crippen LogP contribution in [0, 0.1) is 5.82 Å². The highest BCUT2D eigenvalue weighted by Gasteiger charge is 2.10. The molecule has 0 atom stereocenters. The molecular formula is C16H16Cl2FNO. The van der Waals surface area contributed by atoms with E-state index in [0.717, 1.165) is 11.3 Å². The van der Waals surface area contributed by atoms with Crippen molar-refractivity contribution in [2.45, 2.75) is 26.5 Å². The number of hydrogen-bond acceptors (Lipinski definition) is 2. The Balaban J connectivity index is 2.17. The van der Waals surface area contributed by atoms with E-state index in [9.17, 15) is 4.39 Å². The minimum Gasteiger partial charge on any atom is -0.491 e. The molecule has 0 aromatic heterocycles. The van der Waals surface area contributed by atoms with E-state index in [1.165, 1.54) is 12.1 Å². The van der Waals surface area contributed by atoms with Crippen molar-refractivity contribution in [1.82, 2.24) is 0 Å². The number of ether oxygens (including phenoxy) is 1. The lowest BCUT2D eigenvalue weighted by atomic mass is 10.2. The summed E-state index contributed by atoms with van der Waals surface area (Å²) in [4.78, 5) is 0. The van der Waals surface area contributed by atoms with E-state index >= 15 is 0 Å². The molecule has 0 aliphatic rings. The third-order valence-electron chi connectivity index (χ3n) is 2.80. The van der Waals surface area contributed by atoms with Crippen LogP contribution in [-0.4, -0.2) is 6.10 Å². The molecule has 2 rings (SSSR count). The van der Waals surface area contributed by atoms with Gasteiger partial charge in [-0.2, -0.15) is 0 Å². The number of nitrogens with one attached hydrogen (secondary N) is 1. The second kappa shape index (κ2) is 7.01. The summed E-state index contributed by atoms with van der Waals surface area (Å²) >= 11 is 12.0. The van der Waals surface area contributed by atoms with E-state index in [1.807, 2.05) is 38.1 Å². The molecule has 0 aliphatic carbocycles. The van der Waals surface area contributed by atoms with Crippen LogP contribution < -0.4 is 10.1 Å². The molecule has 2 nitrogen and oxygen atoms in total. The van der Waals surface area contributed by atoms with Gasteiger partial charge in [0.25, 0.3) is 0 Å². The standard InChI is InChI=1S/C16H16Cl2FNO/c1-10(2)21-15-6-4-3-5-11(15)9-20-16-13(17)7-12(19)8-14(16)18/h3-8,10,20H,9H2,1-2H3. The fourth-order valence-corrected chi connectivity index (χ4v) is 2.51. The van der Waals surface area contributed by atoms with Crippen LogP contribution in [0.3, 0.4) is 0 Å². The summed E-state index contributed by atoms with van der Waals surface area (Å²) < 4.78 is 18.9. The summed E-state index contributed by atoms with van der Waals surface area (Å²) in [6, 6.07) is 10.2. The molecule has 0 saturated heterocycles. The number of benzene rings is 2. The molecule has 21 heavy (non-hydrogen) atoms. The lowest BCUT2D eigenvalue weighted by Crippen LogP contribution is -2.09. The molecule has 0 bridgehead atoms. The Morgan fingerprint density at radius 2 is 1.76 bits per heavy atom. The molecule has 0 spiro atoms. The van der Waals surface area contributed by atoms with Gasteiger partial charge in [-0.05, 0) is 32.0 Å². The quantitative estimate of drug-likeness (QED) is 0.779. The Bertz CT molecular complexity index is 608. The third kappa shape index (κ3) is 4.26. The van der Waals surface area contributed by atoms with Crippen LogP contribution in [0.15, 0.2) is 36.4 Å². The predicted octanol–water partition coefficient (Wildman–Crippen LogP) is 5.53. The first-order valence-electron chi connectivity index (χ1n) is 6.60. The normalized spacial score (nSPS) is 10.8. The Morgan fingerprint density at radius 1 is 1.14 bits per heavy atom. The minimum absolute atomic E-state index is 0.0872. The maximum atomic E-state index is 13.2. The summed E-state index contributed by atoms with van der Waals surface area (Å²) in [6.07, 6.45) is 0.0872. The predicted molar refractivity (Wildman–Crippen MR) is 86.0 cm³/mol. The van der Waals surface area contributed by atoms with Gasteiger partial charge in [-0.25, -0.2) is 4.39 Å². The first-order chi connectivity index (χ1) is 9.97. The van der Waals surface area contributed by atoms with Gasteiger partial charge in [-0.1, -0.05) is 41.4 Å². The van der Waals surface area contributed by atoms with E-state index in [4.69, 9.17) is 27.9 Å². The van der Waals surface area contributed by atoms with Gasteiger partial charge in [0.2, 0.25) is 0 Å². The van der Waals surface area contributed by atoms with Crippen LogP contribution >= 0.6 is 23.2 Å². The van der Waals surface area contributed by atoms with Gasteiger partial charge >= 0.3 is 0 Å². The van der Waals surface area contributed by atoms with Gasteiger partial charge in [-0.15, -0.1) is 0 Å². The number of halogens is 3. The van der Waals surface area contributed by atoms with Crippen molar-refractivity contribution in [3.63, 3.8) is 0 Å². The molecule has 0 saturated carbocycles. The zero-order valence-electron chi connectivity index (χ0n) is 11.8. The lowest BCUT2D eigenvalue weighted by Gasteiger charge is -2.16. The Morgan fingerprint density at radius 3 is 2.38 bits per heavy atom. The Kier molecular flexibility index (Phi) is 5.32. The number of para-hydroxylation sites is 1. The molecule has 2 aromatic carbocycles. The average molecular weight is 328 g/mol. The van der Waals surface area contributed by atoms with E-state index < -0.39 is 5.82 Å². The maximum absolute atomic E-state index is 13.2. The summed E-state index contributed by atoms with van der Waals surface area (Å²) in [5, 5.41) is 3.63. The van der Waals surface area contributed by atoms with Crippen LogP contribution in [0.1, 0.15) is 19.4 Å². The molecule has 0 radical (unpaired) electrons. The van der Waals surface area contributed by atoms with Crippen LogP contribution in [-0.2, 0) is 6.54 Å². The first kappa shape index (κ1) is 15.9. The van der Waals surface area contributed by atoms with Crippen LogP contribution in [0.5, 0.6) is 5.75 Å². The maximum Gasteiger partial charge on any atom is 0.126 e. The van der Waals surface area contributed by atoms with Crippen molar-refractivity contribution in [3.05, 3.63) is 57.8 Å². The molecular weight excluding hydrogens is 312 g/mol. The fourth-order valence-electron chi connectivity index (χ4n) is 1.91. The van der Waals surface area contributed by atoms with Crippen molar-refractivity contribution in [2.24, 2.45) is 0 Å². The highest BCUT2D eigenvalue weighted by molar-refractivity contribution is 6.39. The summed E-state index contributed by atoms with van der Waals surface area (Å²) in [5.41, 5.74) is 1.49. The van der Waals surface area contributed by atoms with Gasteiger partial charge in [0.1, 0.15) is 11.6 Å². The van der Waals surface area contributed by atoms with E-state index in [1.54, 1.807) is 0 Å². The second-order valence-corrected chi connectivity index (χ2v) is 5.69. The Hall–Kier alpha value is -1.45. The van der Waals surface area contributed by atoms with E-state index in [2.05, 4.69) is 5.32 Å². The van der Waals surface area contributed by atoms with Gasteiger partial charge in [0, 0.05) is 12.1 Å². The van der Waals surface area contributed by atoms with E-state index in [-0.39, 0.29) is 16.1 Å². The van der Waals surface area contributed by atoms with E-state index in [0.29, 0.717) is 12.2 Å². The van der Waals surface area contributed by atoms with Crippen molar-refractivity contribution < 1.29 is 9.13 Å². The zero-order chi connectivity index (χ0) is 15.4. The van der Waals surface area contributed by atoms with Gasteiger partial charge < -0.3 is 10.1 Å². The monoisotopic (exact) mass is 327 g/mol. The Labute approximate surface area is 133 Å². The zero-order valence-corrected chi connectivity index (χ0v) is 13.3. The van der Waals surface area contributed by atoms with Gasteiger partial charge in [-0.3, -0.25) is 0 Å². The molecule has 112 valence electrons. The summed E-state index contributed by atoms with van der Waals surface area (Å²) in [6.45, 7) is 4.42. The lowest BCUT2D eigenvalue weighted by molar-refractivity contribution is 0.240. The van der Waals surface area contributed by atoms with Gasteiger partial charge in [0.15, 0.2) is 0 Å². The fraction of sp³-hybridized carbons (Fsp3) is 0.250. The summed E-state index contributed by atoms with van der Waals surface area (Å²) in [7, 11) is 0. The topological polar surface area (TPSA) is 21.3 Å².